The van der Waals surface area contributed by atoms with Gasteiger partial charge in [-0.2, -0.15) is 5.26 Å². The van der Waals surface area contributed by atoms with Gasteiger partial charge in [-0.3, -0.25) is 0 Å². The summed E-state index contributed by atoms with van der Waals surface area (Å²) in [5.74, 6) is -1.41. The molecule has 17 heavy (non-hydrogen) atoms. The Morgan fingerprint density at radius 2 is 2.06 bits per heavy atom. The maximum Gasteiger partial charge on any atom is 0.573 e. The predicted octanol–water partition coefficient (Wildman–Crippen LogP) is 2.24. The number of methoxy groups -OCH3 is 1. The van der Waals surface area contributed by atoms with Crippen LogP contribution in [-0.4, -0.2) is 19.4 Å². The zero-order valence-corrected chi connectivity index (χ0v) is 8.54. The topological polar surface area (TPSA) is 59.3 Å². The molecular weight excluding hydrogens is 239 g/mol. The molecule has 0 atom stereocenters. The third-order valence-electron chi connectivity index (χ3n) is 1.75. The van der Waals surface area contributed by atoms with Gasteiger partial charge in [0.25, 0.3) is 0 Å². The van der Waals surface area contributed by atoms with Gasteiger partial charge in [0, 0.05) is 0 Å². The van der Waals surface area contributed by atoms with Gasteiger partial charge in [0.1, 0.15) is 11.8 Å². The molecule has 0 heterocycles. The second-order valence-corrected chi connectivity index (χ2v) is 2.86. The average molecular weight is 245 g/mol. The number of hydrogen-bond donors (Lipinski definition) is 0. The molecule has 0 fully saturated rings. The van der Waals surface area contributed by atoms with E-state index in [0.29, 0.717) is 0 Å². The summed E-state index contributed by atoms with van der Waals surface area (Å²) >= 11 is 0. The number of rotatable bonds is 2. The number of alkyl halides is 3. The van der Waals surface area contributed by atoms with E-state index in [1.807, 2.05) is 0 Å². The summed E-state index contributed by atoms with van der Waals surface area (Å²) < 4.78 is 43.9. The third-order valence-corrected chi connectivity index (χ3v) is 1.75. The van der Waals surface area contributed by atoms with E-state index in [0.717, 1.165) is 25.3 Å². The van der Waals surface area contributed by atoms with Gasteiger partial charge >= 0.3 is 12.3 Å². The van der Waals surface area contributed by atoms with Crippen molar-refractivity contribution in [1.82, 2.24) is 0 Å². The highest BCUT2D eigenvalue weighted by Gasteiger charge is 2.32. The fourth-order valence-electron chi connectivity index (χ4n) is 1.08. The van der Waals surface area contributed by atoms with Crippen LogP contribution in [0.25, 0.3) is 0 Å². The largest absolute Gasteiger partial charge is 0.573 e. The second-order valence-electron chi connectivity index (χ2n) is 2.86. The lowest BCUT2D eigenvalue weighted by Gasteiger charge is -2.10. The van der Waals surface area contributed by atoms with E-state index in [2.05, 4.69) is 9.47 Å². The molecule has 0 aliphatic heterocycles. The summed E-state index contributed by atoms with van der Waals surface area (Å²) in [6.45, 7) is 0. The molecule has 0 saturated heterocycles. The zero-order valence-electron chi connectivity index (χ0n) is 8.54. The first-order valence-electron chi connectivity index (χ1n) is 4.25. The lowest BCUT2D eigenvalue weighted by molar-refractivity contribution is -0.274. The molecule has 0 radical (unpaired) electrons. The number of carbonyl (C=O) groups excluding carboxylic acids is 1. The standard InChI is InChI=1S/C10H6F3NO3/c1-16-9(15)6-2-3-8(7(4-6)5-14)17-10(11,12)13/h2-4H,1H3. The Morgan fingerprint density at radius 3 is 2.53 bits per heavy atom. The Balaban J connectivity index is 3.11. The Labute approximate surface area is 94.2 Å². The third kappa shape index (κ3) is 3.38. The minimum atomic E-state index is -4.89. The Bertz CT molecular complexity index is 477. The number of nitrogens with zero attached hydrogens (tertiary/aromatic N) is 1. The number of esters is 1. The summed E-state index contributed by atoms with van der Waals surface area (Å²) in [6, 6.07) is 4.43. The van der Waals surface area contributed by atoms with Crippen LogP contribution in [0.3, 0.4) is 0 Å². The van der Waals surface area contributed by atoms with Crippen LogP contribution in [0.5, 0.6) is 5.75 Å². The van der Waals surface area contributed by atoms with Crippen molar-refractivity contribution in [3.05, 3.63) is 29.3 Å². The van der Waals surface area contributed by atoms with Crippen LogP contribution in [0.2, 0.25) is 0 Å². The molecule has 0 aliphatic carbocycles. The maximum absolute atomic E-state index is 12.0. The number of halogens is 3. The highest BCUT2D eigenvalue weighted by atomic mass is 19.4. The molecule has 0 aliphatic rings. The van der Waals surface area contributed by atoms with Crippen molar-refractivity contribution >= 4 is 5.97 Å². The van der Waals surface area contributed by atoms with Crippen molar-refractivity contribution in [3.8, 4) is 11.8 Å². The molecule has 4 nitrogen and oxygen atoms in total. The van der Waals surface area contributed by atoms with Crippen LogP contribution in [-0.2, 0) is 4.74 Å². The van der Waals surface area contributed by atoms with E-state index >= 15 is 0 Å². The molecule has 0 aromatic heterocycles. The molecule has 0 unspecified atom stereocenters. The van der Waals surface area contributed by atoms with E-state index in [4.69, 9.17) is 5.26 Å². The molecule has 0 N–H and O–H groups in total. The molecule has 1 rings (SSSR count). The molecule has 0 saturated carbocycles. The van der Waals surface area contributed by atoms with Crippen LogP contribution >= 0.6 is 0 Å². The quantitative estimate of drug-likeness (QED) is 0.749. The summed E-state index contributed by atoms with van der Waals surface area (Å²) in [6.07, 6.45) is -4.89. The van der Waals surface area contributed by atoms with Gasteiger partial charge in [-0.25, -0.2) is 4.79 Å². The minimum Gasteiger partial charge on any atom is -0.465 e. The van der Waals surface area contributed by atoms with Crippen molar-refractivity contribution < 1.29 is 27.4 Å². The lowest BCUT2D eigenvalue weighted by atomic mass is 10.1. The van der Waals surface area contributed by atoms with Gasteiger partial charge in [-0.15, -0.1) is 13.2 Å². The lowest BCUT2D eigenvalue weighted by Crippen LogP contribution is -2.18. The molecule has 1 aromatic carbocycles. The van der Waals surface area contributed by atoms with Gasteiger partial charge in [0.05, 0.1) is 18.2 Å². The fourth-order valence-corrected chi connectivity index (χ4v) is 1.08. The van der Waals surface area contributed by atoms with Gasteiger partial charge in [0.2, 0.25) is 0 Å². The van der Waals surface area contributed by atoms with E-state index in [1.165, 1.54) is 6.07 Å². The van der Waals surface area contributed by atoms with Crippen LogP contribution < -0.4 is 4.74 Å². The summed E-state index contributed by atoms with van der Waals surface area (Å²) in [5, 5.41) is 8.64. The van der Waals surface area contributed by atoms with Gasteiger partial charge in [-0.1, -0.05) is 0 Å². The fraction of sp³-hybridized carbons (Fsp3) is 0.200. The SMILES string of the molecule is COC(=O)c1ccc(OC(F)(F)F)c(C#N)c1. The van der Waals surface area contributed by atoms with E-state index < -0.39 is 23.6 Å². The zero-order chi connectivity index (χ0) is 13.1. The van der Waals surface area contributed by atoms with Crippen molar-refractivity contribution in [3.63, 3.8) is 0 Å². The van der Waals surface area contributed by atoms with Crippen LogP contribution in [0.15, 0.2) is 18.2 Å². The van der Waals surface area contributed by atoms with Crippen LogP contribution in [0.1, 0.15) is 15.9 Å². The number of ether oxygens (including phenoxy) is 2. The molecule has 0 bridgehead atoms. The smallest absolute Gasteiger partial charge is 0.465 e. The molecule has 1 aromatic rings. The van der Waals surface area contributed by atoms with Crippen LogP contribution in [0.4, 0.5) is 13.2 Å². The molecular formula is C10H6F3NO3. The Morgan fingerprint density at radius 1 is 1.41 bits per heavy atom. The van der Waals surface area contributed by atoms with E-state index in [9.17, 15) is 18.0 Å². The van der Waals surface area contributed by atoms with Crippen LogP contribution in [0, 0.1) is 11.3 Å². The number of hydrogen-bond acceptors (Lipinski definition) is 4. The normalized spacial score (nSPS) is 10.5. The van der Waals surface area contributed by atoms with E-state index in [1.54, 1.807) is 0 Å². The average Bonchev–Trinajstić information content (AvgIpc) is 2.26. The van der Waals surface area contributed by atoms with Crippen molar-refractivity contribution in [2.24, 2.45) is 0 Å². The second kappa shape index (κ2) is 4.74. The predicted molar refractivity (Wildman–Crippen MR) is 49.2 cm³/mol. The van der Waals surface area contributed by atoms with Crippen molar-refractivity contribution in [1.29, 1.82) is 5.26 Å². The summed E-state index contributed by atoms with van der Waals surface area (Å²) in [4.78, 5) is 11.1. The number of nitriles is 1. The molecule has 90 valence electrons. The maximum atomic E-state index is 12.0. The number of carbonyl (C=O) groups is 1. The van der Waals surface area contributed by atoms with Gasteiger partial charge in [-0.05, 0) is 18.2 Å². The van der Waals surface area contributed by atoms with Gasteiger partial charge < -0.3 is 9.47 Å². The first kappa shape index (κ1) is 12.8. The summed E-state index contributed by atoms with van der Waals surface area (Å²) in [7, 11) is 1.12. The molecule has 7 heteroatoms. The van der Waals surface area contributed by atoms with Crippen molar-refractivity contribution in [2.45, 2.75) is 6.36 Å². The Hall–Kier alpha value is -2.23. The first-order chi connectivity index (χ1) is 7.87. The van der Waals surface area contributed by atoms with Gasteiger partial charge in [0.15, 0.2) is 0 Å². The highest BCUT2D eigenvalue weighted by molar-refractivity contribution is 5.90. The molecule has 0 amide bonds. The Kier molecular flexibility index (Phi) is 3.58. The first-order valence-corrected chi connectivity index (χ1v) is 4.25. The summed E-state index contributed by atoms with van der Waals surface area (Å²) in [5.41, 5.74) is -0.427. The number of benzene rings is 1. The monoisotopic (exact) mass is 245 g/mol. The highest BCUT2D eigenvalue weighted by Crippen LogP contribution is 2.26. The van der Waals surface area contributed by atoms with E-state index in [-0.39, 0.29) is 5.56 Å². The minimum absolute atomic E-state index is 0.0291. The van der Waals surface area contributed by atoms with Crippen molar-refractivity contribution in [2.75, 3.05) is 7.11 Å². The molecule has 0 spiro atoms.